The number of azo groups is 1. The van der Waals surface area contributed by atoms with Crippen molar-refractivity contribution < 1.29 is 0 Å². The molecule has 58 valence electrons. The third kappa shape index (κ3) is 0.623. The first-order chi connectivity index (χ1) is 5.93. The molecular formula is C7H5N5. The van der Waals surface area contributed by atoms with E-state index in [2.05, 4.69) is 25.6 Å². The average Bonchev–Trinajstić information content (AvgIpc) is 2.64. The number of hydrogen-bond donors (Lipinski definition) is 1. The van der Waals surface area contributed by atoms with Crippen LogP contribution < -0.4 is 0 Å². The molecule has 0 spiro atoms. The van der Waals surface area contributed by atoms with Gasteiger partial charge >= 0.3 is 0 Å². The van der Waals surface area contributed by atoms with Crippen molar-refractivity contribution in [3.63, 3.8) is 0 Å². The van der Waals surface area contributed by atoms with Crippen LogP contribution >= 0.6 is 0 Å². The number of fused-ring (bicyclic) bond motifs is 2. The standard InChI is InChI=1S/C7H5N5/c1-4-3-8-9-5(4)2-7-6(1)10-12-11-7/h1-2H,3H2,(H,10,11,12). The molecule has 12 heavy (non-hydrogen) atoms. The van der Waals surface area contributed by atoms with Crippen molar-refractivity contribution in [2.45, 2.75) is 6.54 Å². The smallest absolute Gasteiger partial charge is 0.115 e. The van der Waals surface area contributed by atoms with E-state index in [0.29, 0.717) is 6.54 Å². The van der Waals surface area contributed by atoms with E-state index in [0.717, 1.165) is 22.3 Å². The molecule has 0 saturated carbocycles. The Morgan fingerprint density at radius 2 is 2.00 bits per heavy atom. The summed E-state index contributed by atoms with van der Waals surface area (Å²) in [6, 6.07) is 3.86. The molecule has 1 aliphatic rings. The highest BCUT2D eigenvalue weighted by molar-refractivity contribution is 5.79. The predicted molar refractivity (Wildman–Crippen MR) is 42.1 cm³/mol. The van der Waals surface area contributed by atoms with Gasteiger partial charge in [-0.2, -0.15) is 25.6 Å². The summed E-state index contributed by atoms with van der Waals surface area (Å²) >= 11 is 0. The minimum atomic E-state index is 0.665. The Labute approximate surface area is 67.5 Å². The number of rotatable bonds is 0. The molecule has 3 rings (SSSR count). The van der Waals surface area contributed by atoms with Gasteiger partial charge in [-0.1, -0.05) is 0 Å². The number of nitrogens with one attached hydrogen (secondary N) is 1. The quantitative estimate of drug-likeness (QED) is 0.633. The molecule has 1 aromatic carbocycles. The van der Waals surface area contributed by atoms with E-state index in [1.54, 1.807) is 0 Å². The Morgan fingerprint density at radius 3 is 2.92 bits per heavy atom. The van der Waals surface area contributed by atoms with Crippen LogP contribution in [0.3, 0.4) is 0 Å². The molecule has 0 radical (unpaired) electrons. The van der Waals surface area contributed by atoms with E-state index >= 15 is 0 Å². The lowest BCUT2D eigenvalue weighted by atomic mass is 10.2. The van der Waals surface area contributed by atoms with Gasteiger partial charge in [0.25, 0.3) is 0 Å². The van der Waals surface area contributed by atoms with Gasteiger partial charge in [0.1, 0.15) is 11.0 Å². The normalized spacial score (nSPS) is 14.0. The van der Waals surface area contributed by atoms with Crippen molar-refractivity contribution in [1.82, 2.24) is 15.4 Å². The lowest BCUT2D eigenvalue weighted by Crippen LogP contribution is -1.76. The molecule has 0 atom stereocenters. The Hall–Kier alpha value is -1.78. The molecule has 2 aromatic rings. The molecule has 1 aromatic heterocycles. The summed E-state index contributed by atoms with van der Waals surface area (Å²) in [6.07, 6.45) is 0. The number of aromatic nitrogens is 3. The van der Waals surface area contributed by atoms with Crippen LogP contribution in [0.15, 0.2) is 22.4 Å². The van der Waals surface area contributed by atoms with Crippen molar-refractivity contribution in [3.8, 4) is 0 Å². The van der Waals surface area contributed by atoms with Crippen LogP contribution in [-0.2, 0) is 6.54 Å². The second-order valence-corrected chi connectivity index (χ2v) is 2.69. The van der Waals surface area contributed by atoms with Crippen LogP contribution in [0.2, 0.25) is 0 Å². The number of hydrogen-bond acceptors (Lipinski definition) is 4. The maximum atomic E-state index is 3.98. The number of benzene rings is 1. The van der Waals surface area contributed by atoms with Crippen molar-refractivity contribution in [1.29, 1.82) is 0 Å². The molecule has 0 bridgehead atoms. The van der Waals surface area contributed by atoms with Gasteiger partial charge in [-0.25, -0.2) is 0 Å². The number of H-pyrrole nitrogens is 1. The van der Waals surface area contributed by atoms with Crippen molar-refractivity contribution in [2.24, 2.45) is 10.2 Å². The van der Waals surface area contributed by atoms with Gasteiger partial charge in [0.15, 0.2) is 0 Å². The SMILES string of the molecule is c1c2c(cc3n[nH]nc13)N=NC2. The Bertz CT molecular complexity index is 470. The molecule has 0 fully saturated rings. The minimum absolute atomic E-state index is 0.665. The Morgan fingerprint density at radius 1 is 1.17 bits per heavy atom. The molecular weight excluding hydrogens is 154 g/mol. The van der Waals surface area contributed by atoms with E-state index in [-0.39, 0.29) is 0 Å². The van der Waals surface area contributed by atoms with Crippen molar-refractivity contribution in [3.05, 3.63) is 17.7 Å². The van der Waals surface area contributed by atoms with Crippen LogP contribution in [0.4, 0.5) is 5.69 Å². The van der Waals surface area contributed by atoms with Crippen LogP contribution in [-0.4, -0.2) is 15.4 Å². The fraction of sp³-hybridized carbons (Fsp3) is 0.143. The predicted octanol–water partition coefficient (Wildman–Crippen LogP) is 1.56. The van der Waals surface area contributed by atoms with Crippen LogP contribution in [0.25, 0.3) is 11.0 Å². The Balaban J connectivity index is 2.43. The zero-order valence-electron chi connectivity index (χ0n) is 6.15. The van der Waals surface area contributed by atoms with Gasteiger partial charge in [0.2, 0.25) is 0 Å². The van der Waals surface area contributed by atoms with Crippen LogP contribution in [0.5, 0.6) is 0 Å². The molecule has 0 aliphatic carbocycles. The third-order valence-corrected chi connectivity index (χ3v) is 1.94. The van der Waals surface area contributed by atoms with Gasteiger partial charge in [0, 0.05) is 5.56 Å². The number of nitrogens with zero attached hydrogens (tertiary/aromatic N) is 4. The first kappa shape index (κ1) is 5.82. The first-order valence-corrected chi connectivity index (χ1v) is 3.64. The van der Waals surface area contributed by atoms with E-state index in [1.807, 2.05) is 12.1 Å². The average molecular weight is 159 g/mol. The zero-order valence-corrected chi connectivity index (χ0v) is 6.15. The van der Waals surface area contributed by atoms with Crippen LogP contribution in [0, 0.1) is 0 Å². The van der Waals surface area contributed by atoms with E-state index < -0.39 is 0 Å². The second-order valence-electron chi connectivity index (χ2n) is 2.69. The summed E-state index contributed by atoms with van der Waals surface area (Å²) in [4.78, 5) is 0. The topological polar surface area (TPSA) is 66.3 Å². The fourth-order valence-electron chi connectivity index (χ4n) is 1.33. The monoisotopic (exact) mass is 159 g/mol. The lowest BCUT2D eigenvalue weighted by Gasteiger charge is -1.91. The molecule has 0 saturated heterocycles. The van der Waals surface area contributed by atoms with Gasteiger partial charge < -0.3 is 0 Å². The molecule has 0 unspecified atom stereocenters. The first-order valence-electron chi connectivity index (χ1n) is 3.64. The number of aromatic amines is 1. The van der Waals surface area contributed by atoms with Gasteiger partial charge in [-0.3, -0.25) is 0 Å². The molecule has 2 heterocycles. The fourth-order valence-corrected chi connectivity index (χ4v) is 1.33. The third-order valence-electron chi connectivity index (χ3n) is 1.94. The maximum Gasteiger partial charge on any atom is 0.115 e. The summed E-state index contributed by atoms with van der Waals surface area (Å²) < 4.78 is 0. The maximum absolute atomic E-state index is 3.98. The molecule has 0 amide bonds. The van der Waals surface area contributed by atoms with Crippen molar-refractivity contribution in [2.75, 3.05) is 0 Å². The lowest BCUT2D eigenvalue weighted by molar-refractivity contribution is 0.958. The zero-order chi connectivity index (χ0) is 7.97. The molecule has 1 aliphatic heterocycles. The van der Waals surface area contributed by atoms with Gasteiger partial charge in [-0.05, 0) is 12.1 Å². The summed E-state index contributed by atoms with van der Waals surface area (Å²) in [5.74, 6) is 0. The minimum Gasteiger partial charge on any atom is -0.197 e. The summed E-state index contributed by atoms with van der Waals surface area (Å²) in [5.41, 5.74) is 3.75. The van der Waals surface area contributed by atoms with E-state index in [4.69, 9.17) is 0 Å². The molecule has 5 nitrogen and oxygen atoms in total. The molecule has 5 heteroatoms. The van der Waals surface area contributed by atoms with Crippen molar-refractivity contribution >= 4 is 16.7 Å². The van der Waals surface area contributed by atoms with E-state index in [1.165, 1.54) is 0 Å². The second kappa shape index (κ2) is 1.88. The molecule has 1 N–H and O–H groups in total. The highest BCUT2D eigenvalue weighted by atomic mass is 15.3. The summed E-state index contributed by atoms with van der Waals surface area (Å²) in [7, 11) is 0. The summed E-state index contributed by atoms with van der Waals surface area (Å²) in [5, 5.41) is 18.4. The highest BCUT2D eigenvalue weighted by Crippen LogP contribution is 2.29. The largest absolute Gasteiger partial charge is 0.197 e. The Kier molecular flexibility index (Phi) is 0.910. The summed E-state index contributed by atoms with van der Waals surface area (Å²) in [6.45, 7) is 0.665. The highest BCUT2D eigenvalue weighted by Gasteiger charge is 2.10. The van der Waals surface area contributed by atoms with E-state index in [9.17, 15) is 0 Å². The van der Waals surface area contributed by atoms with Gasteiger partial charge in [-0.15, -0.1) is 0 Å². The van der Waals surface area contributed by atoms with Crippen LogP contribution in [0.1, 0.15) is 5.56 Å². The van der Waals surface area contributed by atoms with Gasteiger partial charge in [0.05, 0.1) is 12.2 Å².